The maximum absolute atomic E-state index is 12.8. The molecule has 0 bridgehead atoms. The zero-order valence-corrected chi connectivity index (χ0v) is 39.9. The highest BCUT2D eigenvalue weighted by Crippen LogP contribution is 2.16. The summed E-state index contributed by atoms with van der Waals surface area (Å²) in [4.78, 5) is 37.0. The van der Waals surface area contributed by atoms with Crippen molar-refractivity contribution in [2.24, 2.45) is 0 Å². The molecular weight excluding hydrogens is 751 g/mol. The van der Waals surface area contributed by atoms with Gasteiger partial charge in [-0.05, 0) is 44.9 Å². The molecule has 0 N–H and O–H groups in total. The van der Waals surface area contributed by atoms with E-state index < -0.39 is 18.1 Å². The lowest BCUT2D eigenvalue weighted by molar-refractivity contribution is -0.889. The molecule has 0 amide bonds. The molecular formula is C52H95NO7. The number of aliphatic carboxylic acids is 1. The monoisotopic (exact) mass is 846 g/mol. The van der Waals surface area contributed by atoms with Gasteiger partial charge in [-0.1, -0.05) is 198 Å². The number of carboxylic acid groups (broad SMARTS) is 1. The van der Waals surface area contributed by atoms with E-state index in [1.54, 1.807) is 21.1 Å². The van der Waals surface area contributed by atoms with Gasteiger partial charge in [-0.3, -0.25) is 9.59 Å². The van der Waals surface area contributed by atoms with E-state index in [4.69, 9.17) is 14.2 Å². The zero-order chi connectivity index (χ0) is 44.2. The topological polar surface area (TPSA) is 102 Å². The van der Waals surface area contributed by atoms with Crippen molar-refractivity contribution < 1.29 is 38.2 Å². The Kier molecular flexibility index (Phi) is 41.4. The number of carboxylic acids is 1. The molecule has 8 heteroatoms. The summed E-state index contributed by atoms with van der Waals surface area (Å²) in [5.74, 6) is -1.72. The van der Waals surface area contributed by atoms with Crippen molar-refractivity contribution >= 4 is 17.9 Å². The average molecular weight is 846 g/mol. The molecule has 350 valence electrons. The summed E-state index contributed by atoms with van der Waals surface area (Å²) < 4.78 is 17.2. The van der Waals surface area contributed by atoms with E-state index >= 15 is 0 Å². The first-order valence-electron chi connectivity index (χ1n) is 25.0. The number of allylic oxidation sites excluding steroid dienone is 6. The van der Waals surface area contributed by atoms with E-state index in [1.807, 2.05) is 0 Å². The molecule has 0 aliphatic carbocycles. The summed E-state index contributed by atoms with van der Waals surface area (Å²) in [6.45, 7) is 4.58. The molecule has 0 radical (unpaired) electrons. The molecule has 2 unspecified atom stereocenters. The molecule has 0 saturated carbocycles. The third kappa shape index (κ3) is 40.9. The minimum atomic E-state index is -1.12. The molecule has 0 aliphatic heterocycles. The molecule has 0 aromatic heterocycles. The lowest BCUT2D eigenvalue weighted by atomic mass is 10.0. The number of ether oxygens (including phenoxy) is 3. The Balaban J connectivity index is 4.19. The predicted octanol–water partition coefficient (Wildman–Crippen LogP) is 12.9. The molecule has 0 aromatic carbocycles. The Hall–Kier alpha value is -2.45. The fourth-order valence-corrected chi connectivity index (χ4v) is 7.44. The van der Waals surface area contributed by atoms with E-state index in [0.29, 0.717) is 12.8 Å². The van der Waals surface area contributed by atoms with Crippen LogP contribution in [0.5, 0.6) is 0 Å². The normalized spacial score (nSPS) is 13.2. The van der Waals surface area contributed by atoms with Crippen LogP contribution in [0.1, 0.15) is 226 Å². The molecule has 0 aliphatic rings. The molecule has 60 heavy (non-hydrogen) atoms. The third-order valence-corrected chi connectivity index (χ3v) is 11.3. The molecule has 0 fully saturated rings. The summed E-state index contributed by atoms with van der Waals surface area (Å²) in [5.41, 5.74) is 0. The number of unbranched alkanes of at least 4 members (excludes halogenated alkanes) is 25. The van der Waals surface area contributed by atoms with Gasteiger partial charge in [-0.2, -0.15) is 0 Å². The van der Waals surface area contributed by atoms with Crippen molar-refractivity contribution in [2.45, 2.75) is 238 Å². The maximum atomic E-state index is 12.8. The lowest BCUT2D eigenvalue weighted by Gasteiger charge is -2.34. The van der Waals surface area contributed by atoms with Gasteiger partial charge >= 0.3 is 11.9 Å². The van der Waals surface area contributed by atoms with Gasteiger partial charge < -0.3 is 28.6 Å². The number of rotatable bonds is 45. The van der Waals surface area contributed by atoms with Crippen LogP contribution in [-0.2, 0) is 28.6 Å². The predicted molar refractivity (Wildman–Crippen MR) is 250 cm³/mol. The number of carbonyl (C=O) groups is 3. The molecule has 0 saturated heterocycles. The van der Waals surface area contributed by atoms with Gasteiger partial charge in [0.2, 0.25) is 0 Å². The minimum Gasteiger partial charge on any atom is -0.544 e. The second kappa shape index (κ2) is 43.2. The number of hydrogen-bond donors (Lipinski definition) is 0. The number of likely N-dealkylation sites (N-methyl/N-ethyl adjacent to an activating group) is 1. The lowest BCUT2D eigenvalue weighted by Crippen LogP contribution is -2.55. The van der Waals surface area contributed by atoms with Crippen LogP contribution in [0, 0.1) is 0 Å². The van der Waals surface area contributed by atoms with Gasteiger partial charge in [0.25, 0.3) is 0 Å². The van der Waals surface area contributed by atoms with Crippen LogP contribution in [0.3, 0.4) is 0 Å². The fourth-order valence-electron chi connectivity index (χ4n) is 7.44. The van der Waals surface area contributed by atoms with E-state index in [2.05, 4.69) is 50.3 Å². The fraction of sp³-hybridized carbons (Fsp3) is 0.827. The summed E-state index contributed by atoms with van der Waals surface area (Å²) in [6, 6.07) is -0.724. The first kappa shape index (κ1) is 57.5. The van der Waals surface area contributed by atoms with Crippen molar-refractivity contribution in [1.29, 1.82) is 0 Å². The highest BCUT2D eigenvalue weighted by molar-refractivity contribution is 5.70. The van der Waals surface area contributed by atoms with E-state index in [1.165, 1.54) is 135 Å². The van der Waals surface area contributed by atoms with Crippen LogP contribution in [0.4, 0.5) is 0 Å². The largest absolute Gasteiger partial charge is 0.544 e. The molecule has 0 heterocycles. The summed E-state index contributed by atoms with van der Waals surface area (Å²) in [7, 11) is 5.42. The smallest absolute Gasteiger partial charge is 0.306 e. The first-order chi connectivity index (χ1) is 29.1. The van der Waals surface area contributed by atoms with Crippen LogP contribution in [-0.4, -0.2) is 75.5 Å². The average Bonchev–Trinajstić information content (AvgIpc) is 3.21. The Morgan fingerprint density at radius 2 is 0.933 bits per heavy atom. The van der Waals surface area contributed by atoms with E-state index in [9.17, 15) is 19.5 Å². The molecule has 2 atom stereocenters. The van der Waals surface area contributed by atoms with Crippen LogP contribution >= 0.6 is 0 Å². The van der Waals surface area contributed by atoms with Crippen LogP contribution in [0.15, 0.2) is 36.5 Å². The van der Waals surface area contributed by atoms with Gasteiger partial charge in [-0.15, -0.1) is 0 Å². The standard InChI is InChI=1S/C52H95NO7/c1-6-8-10-12-14-16-18-20-21-22-23-24-25-26-27-28-29-31-33-35-37-39-41-43-51(55)60-48(46-58-45-44-49(52(56)57)53(3,4)5)47-59-50(54)42-40-38-36-34-32-30-19-17-15-13-11-9-7-2/h8,10,14,16,20-21,48-49H,6-7,9,11-13,15,17-19,22-47H2,1-5H3/b10-8+,16-14+,21-20+. The van der Waals surface area contributed by atoms with Crippen molar-refractivity contribution in [1.82, 2.24) is 0 Å². The van der Waals surface area contributed by atoms with Crippen LogP contribution in [0.2, 0.25) is 0 Å². The molecule has 0 rings (SSSR count). The molecule has 0 aromatic rings. The van der Waals surface area contributed by atoms with Crippen molar-refractivity contribution in [2.75, 3.05) is 41.0 Å². The Labute approximate surface area is 370 Å². The second-order valence-corrected chi connectivity index (χ2v) is 18.0. The van der Waals surface area contributed by atoms with Crippen molar-refractivity contribution in [3.05, 3.63) is 36.5 Å². The van der Waals surface area contributed by atoms with Crippen LogP contribution in [0.25, 0.3) is 0 Å². The maximum Gasteiger partial charge on any atom is 0.306 e. The Morgan fingerprint density at radius 3 is 1.38 bits per heavy atom. The van der Waals surface area contributed by atoms with E-state index in [0.717, 1.165) is 57.8 Å². The highest BCUT2D eigenvalue weighted by Gasteiger charge is 2.25. The number of carbonyl (C=O) groups excluding carboxylic acids is 3. The van der Waals surface area contributed by atoms with Crippen LogP contribution < -0.4 is 5.11 Å². The van der Waals surface area contributed by atoms with Crippen molar-refractivity contribution in [3.8, 4) is 0 Å². The Bertz CT molecular complexity index is 1080. The Morgan fingerprint density at radius 1 is 0.517 bits per heavy atom. The number of hydrogen-bond acceptors (Lipinski definition) is 7. The highest BCUT2D eigenvalue weighted by atomic mass is 16.6. The van der Waals surface area contributed by atoms with Crippen molar-refractivity contribution in [3.63, 3.8) is 0 Å². The van der Waals surface area contributed by atoms with Gasteiger partial charge in [0.15, 0.2) is 6.10 Å². The van der Waals surface area contributed by atoms with E-state index in [-0.39, 0.29) is 42.7 Å². The quantitative estimate of drug-likeness (QED) is 0.0260. The molecule has 0 spiro atoms. The second-order valence-electron chi connectivity index (χ2n) is 18.0. The van der Waals surface area contributed by atoms with Gasteiger partial charge in [0.1, 0.15) is 12.6 Å². The van der Waals surface area contributed by atoms with Gasteiger partial charge in [0, 0.05) is 19.3 Å². The minimum absolute atomic E-state index is 0.0441. The molecule has 8 nitrogen and oxygen atoms in total. The van der Waals surface area contributed by atoms with Gasteiger partial charge in [0.05, 0.1) is 40.3 Å². The summed E-state index contributed by atoms with van der Waals surface area (Å²) >= 11 is 0. The third-order valence-electron chi connectivity index (χ3n) is 11.3. The summed E-state index contributed by atoms with van der Waals surface area (Å²) in [5, 5.41) is 11.6. The SMILES string of the molecule is CC/C=C/C/C=C/C/C=C/CCCCCCCCCCCCCCCC(=O)OC(COCCC(C(=O)[O-])[N+](C)(C)C)COC(=O)CCCCCCCCCCCCCCC. The summed E-state index contributed by atoms with van der Waals surface area (Å²) in [6.07, 6.45) is 50.3. The number of quaternary nitrogens is 1. The first-order valence-corrected chi connectivity index (χ1v) is 25.0. The van der Waals surface area contributed by atoms with Gasteiger partial charge in [-0.25, -0.2) is 0 Å². The zero-order valence-electron chi connectivity index (χ0n) is 39.9. The number of esters is 2. The number of nitrogens with zero attached hydrogens (tertiary/aromatic N) is 1.